The van der Waals surface area contributed by atoms with Gasteiger partial charge in [0.2, 0.25) is 0 Å². The van der Waals surface area contributed by atoms with Crippen molar-refractivity contribution in [3.63, 3.8) is 0 Å². The Balaban J connectivity index is 1.65. The second-order valence-electron chi connectivity index (χ2n) is 4.49. The molecule has 0 N–H and O–H groups in total. The highest BCUT2D eigenvalue weighted by Crippen LogP contribution is 2.26. The van der Waals surface area contributed by atoms with Gasteiger partial charge in [0.15, 0.2) is 0 Å². The molecule has 1 fully saturated rings. The van der Waals surface area contributed by atoms with Crippen LogP contribution in [0.1, 0.15) is 30.6 Å². The normalized spacial score (nSPS) is 15.3. The van der Waals surface area contributed by atoms with E-state index in [1.807, 2.05) is 0 Å². The van der Waals surface area contributed by atoms with Crippen LogP contribution in [0.2, 0.25) is 0 Å². The molecule has 1 aromatic rings. The highest BCUT2D eigenvalue weighted by atomic mass is 32.2. The Hall–Kier alpha value is -0.950. The van der Waals surface area contributed by atoms with Gasteiger partial charge in [-0.1, -0.05) is 23.3 Å². The molecule has 0 aromatic carbocycles. The topological polar surface area (TPSA) is 34.5 Å². The first-order chi connectivity index (χ1) is 9.74. The molecule has 20 heavy (non-hydrogen) atoms. The molecule has 0 amide bonds. The van der Waals surface area contributed by atoms with E-state index in [2.05, 4.69) is 10.1 Å². The Bertz CT molecular complexity index is 469. The summed E-state index contributed by atoms with van der Waals surface area (Å²) in [7, 11) is 0. The third kappa shape index (κ3) is 5.58. The summed E-state index contributed by atoms with van der Waals surface area (Å²) in [5.41, 5.74) is 0. The summed E-state index contributed by atoms with van der Waals surface area (Å²) in [5, 5.41) is 3.92. The number of hydrogen-bond donors (Lipinski definition) is 0. The van der Waals surface area contributed by atoms with E-state index in [1.54, 1.807) is 12.4 Å². The zero-order valence-corrected chi connectivity index (χ0v) is 12.6. The number of nitrogens with zero attached hydrogens (tertiary/aromatic N) is 2. The minimum Gasteiger partial charge on any atom is -0.395 e. The summed E-state index contributed by atoms with van der Waals surface area (Å²) in [5.74, 6) is 1.27. The average molecular weight is 318 g/mol. The van der Waals surface area contributed by atoms with Gasteiger partial charge < -0.3 is 4.84 Å². The van der Waals surface area contributed by atoms with Gasteiger partial charge in [0.05, 0.1) is 11.1 Å². The fraction of sp³-hybridized carbons (Fsp3) is 0.538. The number of rotatable bonds is 8. The van der Waals surface area contributed by atoms with Crippen molar-refractivity contribution in [2.45, 2.75) is 30.0 Å². The minimum absolute atomic E-state index is 0.348. The summed E-state index contributed by atoms with van der Waals surface area (Å²) in [4.78, 5) is 10.3. The number of oxime groups is 1. The van der Waals surface area contributed by atoms with Crippen molar-refractivity contribution in [3.05, 3.63) is 23.2 Å². The van der Waals surface area contributed by atoms with Crippen molar-refractivity contribution in [1.82, 2.24) is 4.98 Å². The van der Waals surface area contributed by atoms with E-state index in [1.165, 1.54) is 42.4 Å². The number of hydrogen-bond acceptors (Lipinski definition) is 5. The Morgan fingerprint density at radius 3 is 3.10 bits per heavy atom. The molecule has 1 heterocycles. The molecule has 1 saturated carbocycles. The molecule has 1 aliphatic carbocycles. The van der Waals surface area contributed by atoms with Crippen LogP contribution in [0.5, 0.6) is 0 Å². The molecule has 0 atom stereocenters. The van der Waals surface area contributed by atoms with Crippen molar-refractivity contribution in [1.29, 1.82) is 0 Å². The van der Waals surface area contributed by atoms with E-state index < -0.39 is 6.08 Å². The van der Waals surface area contributed by atoms with E-state index in [4.69, 9.17) is 4.84 Å². The van der Waals surface area contributed by atoms with Crippen LogP contribution < -0.4 is 0 Å². The molecule has 0 radical (unpaired) electrons. The van der Waals surface area contributed by atoms with Gasteiger partial charge >= 0.3 is 0 Å². The highest BCUT2D eigenvalue weighted by Gasteiger charge is 2.17. The summed E-state index contributed by atoms with van der Waals surface area (Å²) in [6.07, 6.45) is 6.80. The lowest BCUT2D eigenvalue weighted by Crippen LogP contribution is -2.16. The van der Waals surface area contributed by atoms with Gasteiger partial charge in [-0.25, -0.2) is 4.98 Å². The Morgan fingerprint density at radius 2 is 2.40 bits per heavy atom. The van der Waals surface area contributed by atoms with Crippen LogP contribution in [0.4, 0.5) is 8.78 Å². The van der Waals surface area contributed by atoms with Crippen LogP contribution in [0, 0.1) is 5.92 Å². The van der Waals surface area contributed by atoms with Gasteiger partial charge in [0.1, 0.15) is 10.9 Å². The van der Waals surface area contributed by atoms with Gasteiger partial charge in [-0.3, -0.25) is 0 Å². The average Bonchev–Trinajstić information content (AvgIpc) is 2.80. The SMILES string of the molecule is FC(F)=CCCSc1ncc(/C=N/OCC2CCC2)s1. The van der Waals surface area contributed by atoms with Crippen LogP contribution in [0.25, 0.3) is 0 Å². The summed E-state index contributed by atoms with van der Waals surface area (Å²) >= 11 is 2.95. The Labute approximate surface area is 125 Å². The largest absolute Gasteiger partial charge is 0.395 e. The van der Waals surface area contributed by atoms with Crippen molar-refractivity contribution < 1.29 is 13.6 Å². The van der Waals surface area contributed by atoms with Crippen LogP contribution in [-0.4, -0.2) is 23.6 Å². The third-order valence-electron chi connectivity index (χ3n) is 2.93. The third-order valence-corrected chi connectivity index (χ3v) is 5.06. The van der Waals surface area contributed by atoms with Crippen LogP contribution in [0.15, 0.2) is 27.8 Å². The molecule has 7 heteroatoms. The molecule has 0 saturated heterocycles. The monoisotopic (exact) mass is 318 g/mol. The van der Waals surface area contributed by atoms with E-state index in [0.29, 0.717) is 24.7 Å². The zero-order chi connectivity index (χ0) is 14.2. The predicted molar refractivity (Wildman–Crippen MR) is 78.6 cm³/mol. The lowest BCUT2D eigenvalue weighted by Gasteiger charge is -2.23. The van der Waals surface area contributed by atoms with Gasteiger partial charge in [-0.2, -0.15) is 8.78 Å². The molecular weight excluding hydrogens is 302 g/mol. The van der Waals surface area contributed by atoms with E-state index >= 15 is 0 Å². The van der Waals surface area contributed by atoms with E-state index in [0.717, 1.165) is 15.3 Å². The van der Waals surface area contributed by atoms with Gasteiger partial charge in [0, 0.05) is 11.9 Å². The zero-order valence-electron chi connectivity index (χ0n) is 10.9. The van der Waals surface area contributed by atoms with Gasteiger partial charge in [-0.15, -0.1) is 11.3 Å². The molecule has 110 valence electrons. The van der Waals surface area contributed by atoms with Crippen molar-refractivity contribution in [2.24, 2.45) is 11.1 Å². The summed E-state index contributed by atoms with van der Waals surface area (Å²) < 4.78 is 24.5. The Kier molecular flexibility index (Phi) is 6.46. The van der Waals surface area contributed by atoms with Gasteiger partial charge in [0.25, 0.3) is 6.08 Å². The molecule has 1 aliphatic rings. The number of aromatic nitrogens is 1. The lowest BCUT2D eigenvalue weighted by atomic mass is 9.86. The summed E-state index contributed by atoms with van der Waals surface area (Å²) in [6, 6.07) is 0. The quantitative estimate of drug-likeness (QED) is 0.305. The lowest BCUT2D eigenvalue weighted by molar-refractivity contribution is 0.0768. The molecule has 3 nitrogen and oxygen atoms in total. The fourth-order valence-electron chi connectivity index (χ4n) is 1.61. The number of thiazole rings is 1. The molecule has 0 bridgehead atoms. The highest BCUT2D eigenvalue weighted by molar-refractivity contribution is 8.01. The predicted octanol–water partition coefficient (Wildman–Crippen LogP) is 4.56. The first kappa shape index (κ1) is 15.4. The Morgan fingerprint density at radius 1 is 1.55 bits per heavy atom. The standard InChI is InChI=1S/C13H16F2N2OS2/c14-12(15)5-2-6-19-13-16-7-11(20-13)8-17-18-9-10-3-1-4-10/h5,7-8,10H,1-4,6,9H2/b17-8+. The van der Waals surface area contributed by atoms with E-state index in [-0.39, 0.29) is 0 Å². The number of thioether (sulfide) groups is 1. The maximum Gasteiger partial charge on any atom is 0.266 e. The minimum atomic E-state index is -1.62. The maximum absolute atomic E-state index is 11.8. The smallest absolute Gasteiger partial charge is 0.266 e. The van der Waals surface area contributed by atoms with Crippen molar-refractivity contribution >= 4 is 29.3 Å². The molecule has 0 spiro atoms. The van der Waals surface area contributed by atoms with Crippen molar-refractivity contribution in [3.8, 4) is 0 Å². The number of allylic oxidation sites excluding steroid dienone is 1. The second kappa shape index (κ2) is 8.36. The first-order valence-corrected chi connectivity index (χ1v) is 8.29. The molecular formula is C13H16F2N2OS2. The molecule has 0 unspecified atom stereocenters. The van der Waals surface area contributed by atoms with E-state index in [9.17, 15) is 8.78 Å². The van der Waals surface area contributed by atoms with Crippen LogP contribution in [-0.2, 0) is 4.84 Å². The fourth-order valence-corrected chi connectivity index (χ4v) is 3.43. The first-order valence-electron chi connectivity index (χ1n) is 6.49. The molecule has 1 aromatic heterocycles. The molecule has 2 rings (SSSR count). The maximum atomic E-state index is 11.8. The van der Waals surface area contributed by atoms with Crippen LogP contribution in [0.3, 0.4) is 0 Å². The van der Waals surface area contributed by atoms with Crippen LogP contribution >= 0.6 is 23.1 Å². The molecule has 0 aliphatic heterocycles. The van der Waals surface area contributed by atoms with Crippen molar-refractivity contribution in [2.75, 3.05) is 12.4 Å². The van der Waals surface area contributed by atoms with Gasteiger partial charge in [-0.05, 0) is 31.3 Å². The number of halogens is 2. The summed E-state index contributed by atoms with van der Waals surface area (Å²) in [6.45, 7) is 0.693. The second-order valence-corrected chi connectivity index (χ2v) is 6.89.